The summed E-state index contributed by atoms with van der Waals surface area (Å²) in [6.45, 7) is 5.83. The van der Waals surface area contributed by atoms with Crippen LogP contribution in [0.25, 0.3) is 0 Å². The molecule has 2 rings (SSSR count). The van der Waals surface area contributed by atoms with Crippen molar-refractivity contribution in [3.05, 3.63) is 58.8 Å². The van der Waals surface area contributed by atoms with Crippen LogP contribution < -0.4 is 0 Å². The molecule has 0 fully saturated rings. The molecule has 3 nitrogen and oxygen atoms in total. The van der Waals surface area contributed by atoms with Crippen molar-refractivity contribution in [2.45, 2.75) is 25.8 Å². The van der Waals surface area contributed by atoms with Crippen molar-refractivity contribution in [3.8, 4) is 0 Å². The second kappa shape index (κ2) is 6.09. The molecule has 0 radical (unpaired) electrons. The van der Waals surface area contributed by atoms with Gasteiger partial charge in [-0.15, -0.1) is 0 Å². The summed E-state index contributed by atoms with van der Waals surface area (Å²) in [5.74, 6) is -0.120. The SMILES string of the molecule is Cc1cc(C)c(C(=O)CS(=O)c2ccccn2)c(C)c1. The lowest BCUT2D eigenvalue weighted by atomic mass is 9.97. The molecule has 0 saturated heterocycles. The van der Waals surface area contributed by atoms with Crippen LogP contribution in [-0.2, 0) is 10.8 Å². The minimum Gasteiger partial charge on any atom is -0.293 e. The summed E-state index contributed by atoms with van der Waals surface area (Å²) in [5, 5.41) is 0.447. The van der Waals surface area contributed by atoms with Gasteiger partial charge in [-0.3, -0.25) is 9.00 Å². The number of hydrogen-bond donors (Lipinski definition) is 0. The molecule has 2 aromatic rings. The van der Waals surface area contributed by atoms with Crippen LogP contribution >= 0.6 is 0 Å². The van der Waals surface area contributed by atoms with E-state index in [1.807, 2.05) is 32.9 Å². The van der Waals surface area contributed by atoms with Gasteiger partial charge in [-0.05, 0) is 44.0 Å². The second-order valence-corrected chi connectivity index (χ2v) is 6.25. The van der Waals surface area contributed by atoms with Gasteiger partial charge >= 0.3 is 0 Å². The van der Waals surface area contributed by atoms with E-state index in [2.05, 4.69) is 4.98 Å². The molecule has 1 aromatic heterocycles. The van der Waals surface area contributed by atoms with E-state index in [1.54, 1.807) is 24.4 Å². The fraction of sp³-hybridized carbons (Fsp3) is 0.250. The second-order valence-electron chi connectivity index (χ2n) is 4.85. The molecular weight excluding hydrogens is 270 g/mol. The monoisotopic (exact) mass is 287 g/mol. The number of Topliss-reactive ketones (excluding diaryl/α,β-unsaturated/α-hetero) is 1. The van der Waals surface area contributed by atoms with Crippen molar-refractivity contribution in [2.24, 2.45) is 0 Å². The first-order chi connectivity index (χ1) is 9.49. The van der Waals surface area contributed by atoms with Crippen molar-refractivity contribution in [1.82, 2.24) is 4.98 Å². The van der Waals surface area contributed by atoms with Crippen LogP contribution in [0.5, 0.6) is 0 Å². The summed E-state index contributed by atoms with van der Waals surface area (Å²) in [6.07, 6.45) is 1.58. The predicted octanol–water partition coefficient (Wildman–Crippen LogP) is 3.00. The Kier molecular flexibility index (Phi) is 4.45. The number of benzene rings is 1. The summed E-state index contributed by atoms with van der Waals surface area (Å²) in [5.41, 5.74) is 3.68. The number of hydrogen-bond acceptors (Lipinski definition) is 3. The zero-order valence-corrected chi connectivity index (χ0v) is 12.7. The van der Waals surface area contributed by atoms with E-state index in [-0.39, 0.29) is 11.5 Å². The van der Waals surface area contributed by atoms with E-state index >= 15 is 0 Å². The zero-order chi connectivity index (χ0) is 14.7. The van der Waals surface area contributed by atoms with Crippen molar-refractivity contribution in [2.75, 3.05) is 5.75 Å². The van der Waals surface area contributed by atoms with Gasteiger partial charge in [0.25, 0.3) is 0 Å². The molecule has 0 bridgehead atoms. The van der Waals surface area contributed by atoms with Crippen LogP contribution in [0.2, 0.25) is 0 Å². The quantitative estimate of drug-likeness (QED) is 0.812. The van der Waals surface area contributed by atoms with Gasteiger partial charge in [0, 0.05) is 11.8 Å². The van der Waals surface area contributed by atoms with Crippen LogP contribution in [0, 0.1) is 20.8 Å². The van der Waals surface area contributed by atoms with Crippen LogP contribution in [0.3, 0.4) is 0 Å². The molecule has 1 aromatic carbocycles. The first-order valence-electron chi connectivity index (χ1n) is 6.39. The molecule has 20 heavy (non-hydrogen) atoms. The van der Waals surface area contributed by atoms with Crippen molar-refractivity contribution >= 4 is 16.6 Å². The zero-order valence-electron chi connectivity index (χ0n) is 11.8. The van der Waals surface area contributed by atoms with Crippen LogP contribution in [0.4, 0.5) is 0 Å². The maximum absolute atomic E-state index is 12.4. The number of pyridine rings is 1. The van der Waals surface area contributed by atoms with Crippen molar-refractivity contribution in [3.63, 3.8) is 0 Å². The van der Waals surface area contributed by atoms with E-state index in [1.165, 1.54) is 0 Å². The summed E-state index contributed by atoms with van der Waals surface area (Å²) in [4.78, 5) is 16.4. The molecule has 4 heteroatoms. The highest BCUT2D eigenvalue weighted by molar-refractivity contribution is 7.85. The van der Waals surface area contributed by atoms with Gasteiger partial charge in [-0.1, -0.05) is 23.8 Å². The Labute approximate surface area is 121 Å². The first-order valence-corrected chi connectivity index (χ1v) is 7.71. The normalized spacial score (nSPS) is 12.2. The predicted molar refractivity (Wildman–Crippen MR) is 80.5 cm³/mol. The summed E-state index contributed by atoms with van der Waals surface area (Å²) in [7, 11) is -1.40. The molecule has 1 heterocycles. The maximum Gasteiger partial charge on any atom is 0.176 e. The third-order valence-electron chi connectivity index (χ3n) is 3.09. The Hall–Kier alpha value is -1.81. The van der Waals surface area contributed by atoms with Gasteiger partial charge in [0.1, 0.15) is 5.03 Å². The number of aromatic nitrogens is 1. The molecule has 0 aliphatic heterocycles. The third kappa shape index (κ3) is 3.20. The van der Waals surface area contributed by atoms with Gasteiger partial charge in [-0.2, -0.15) is 0 Å². The minimum absolute atomic E-state index is 0.0260. The summed E-state index contributed by atoms with van der Waals surface area (Å²) in [6, 6.07) is 9.16. The average molecular weight is 287 g/mol. The Morgan fingerprint density at radius 2 is 1.80 bits per heavy atom. The fourth-order valence-electron chi connectivity index (χ4n) is 2.37. The first kappa shape index (κ1) is 14.6. The molecule has 1 unspecified atom stereocenters. The molecule has 0 aliphatic carbocycles. The molecule has 1 atom stereocenters. The maximum atomic E-state index is 12.4. The largest absolute Gasteiger partial charge is 0.293 e. The van der Waals surface area contributed by atoms with E-state index in [4.69, 9.17) is 0 Å². The van der Waals surface area contributed by atoms with Gasteiger partial charge in [0.2, 0.25) is 0 Å². The van der Waals surface area contributed by atoms with Gasteiger partial charge in [-0.25, -0.2) is 4.98 Å². The van der Waals surface area contributed by atoms with Gasteiger partial charge in [0.05, 0.1) is 16.6 Å². The standard InChI is InChI=1S/C16H17NO2S/c1-11-8-12(2)16(13(3)9-11)14(18)10-20(19)15-6-4-5-7-17-15/h4-9H,10H2,1-3H3. The molecule has 0 aliphatic rings. The van der Waals surface area contributed by atoms with E-state index < -0.39 is 10.8 Å². The number of aryl methyl sites for hydroxylation is 3. The average Bonchev–Trinajstić information content (AvgIpc) is 2.38. The van der Waals surface area contributed by atoms with Crippen LogP contribution in [-0.4, -0.2) is 20.7 Å². The Bertz CT molecular complexity index is 642. The number of rotatable bonds is 4. The van der Waals surface area contributed by atoms with Gasteiger partial charge in [0.15, 0.2) is 5.78 Å². The molecule has 0 amide bonds. The van der Waals surface area contributed by atoms with E-state index in [0.717, 1.165) is 16.7 Å². The van der Waals surface area contributed by atoms with Gasteiger partial charge < -0.3 is 0 Å². The lowest BCUT2D eigenvalue weighted by Gasteiger charge is -2.10. The highest BCUT2D eigenvalue weighted by atomic mass is 32.2. The Balaban J connectivity index is 2.24. The Morgan fingerprint density at radius 3 is 2.35 bits per heavy atom. The van der Waals surface area contributed by atoms with E-state index in [9.17, 15) is 9.00 Å². The lowest BCUT2D eigenvalue weighted by molar-refractivity contribution is 0.102. The number of carbonyl (C=O) groups excluding carboxylic acids is 1. The summed E-state index contributed by atoms with van der Waals surface area (Å²) >= 11 is 0. The number of carbonyl (C=O) groups is 1. The molecule has 0 N–H and O–H groups in total. The van der Waals surface area contributed by atoms with Crippen molar-refractivity contribution < 1.29 is 9.00 Å². The smallest absolute Gasteiger partial charge is 0.176 e. The molecule has 0 saturated carbocycles. The molecular formula is C16H17NO2S. The highest BCUT2D eigenvalue weighted by Crippen LogP contribution is 2.18. The molecule has 104 valence electrons. The number of ketones is 1. The van der Waals surface area contributed by atoms with Crippen molar-refractivity contribution in [1.29, 1.82) is 0 Å². The lowest BCUT2D eigenvalue weighted by Crippen LogP contribution is -2.14. The minimum atomic E-state index is -1.40. The van der Waals surface area contributed by atoms with Crippen LogP contribution in [0.15, 0.2) is 41.6 Å². The summed E-state index contributed by atoms with van der Waals surface area (Å²) < 4.78 is 12.1. The molecule has 0 spiro atoms. The topological polar surface area (TPSA) is 47.0 Å². The fourth-order valence-corrected chi connectivity index (χ4v) is 3.31. The number of nitrogens with zero attached hydrogens (tertiary/aromatic N) is 1. The highest BCUT2D eigenvalue weighted by Gasteiger charge is 2.17. The van der Waals surface area contributed by atoms with Crippen LogP contribution in [0.1, 0.15) is 27.0 Å². The Morgan fingerprint density at radius 1 is 1.15 bits per heavy atom. The third-order valence-corrected chi connectivity index (χ3v) is 4.32. The van der Waals surface area contributed by atoms with E-state index in [0.29, 0.717) is 10.6 Å².